The van der Waals surface area contributed by atoms with Crippen LogP contribution in [0.4, 0.5) is 8.78 Å². The maximum absolute atomic E-state index is 12.6. The molecule has 94 valence electrons. The number of rotatable bonds is 4. The number of methoxy groups -OCH3 is 1. The van der Waals surface area contributed by atoms with Crippen molar-refractivity contribution in [2.45, 2.75) is 19.4 Å². The van der Waals surface area contributed by atoms with E-state index in [1.165, 1.54) is 7.11 Å². The average Bonchev–Trinajstić information content (AvgIpc) is 2.30. The van der Waals surface area contributed by atoms with E-state index >= 15 is 0 Å². The molecule has 1 heterocycles. The molecule has 1 rings (SSSR count). The lowest BCUT2D eigenvalue weighted by Gasteiger charge is -2.11. The van der Waals surface area contributed by atoms with Crippen LogP contribution in [0.5, 0.6) is 0 Å². The maximum Gasteiger partial charge on any atom is 0.311 e. The van der Waals surface area contributed by atoms with Crippen molar-refractivity contribution in [3.05, 3.63) is 28.0 Å². The third kappa shape index (κ3) is 3.10. The number of hydrogen-bond donors (Lipinski definition) is 1. The molecule has 0 radical (unpaired) electrons. The Morgan fingerprint density at radius 3 is 2.76 bits per heavy atom. The van der Waals surface area contributed by atoms with Crippen LogP contribution in [0, 0.1) is 0 Å². The second kappa shape index (κ2) is 5.88. The van der Waals surface area contributed by atoms with Crippen LogP contribution < -0.4 is 5.73 Å². The Labute approximate surface area is 102 Å². The van der Waals surface area contributed by atoms with Crippen LogP contribution in [-0.2, 0) is 22.5 Å². The van der Waals surface area contributed by atoms with E-state index in [-0.39, 0.29) is 34.8 Å². The molecule has 0 saturated heterocycles. The SMILES string of the molecule is COC(=O)Cc1ncc(C(F)F)c(CN)c1Cl. The largest absolute Gasteiger partial charge is 0.469 e. The molecule has 0 fully saturated rings. The molecule has 0 aromatic carbocycles. The standard InChI is InChI=1S/C10H11ClF2N2O2/c1-17-8(16)2-7-9(11)5(3-14)6(4-15-7)10(12)13/h4,10H,2-3,14H2,1H3. The summed E-state index contributed by atoms with van der Waals surface area (Å²) >= 11 is 5.88. The lowest BCUT2D eigenvalue weighted by molar-refractivity contribution is -0.139. The number of hydrogen-bond acceptors (Lipinski definition) is 4. The molecule has 1 aromatic rings. The lowest BCUT2D eigenvalue weighted by Crippen LogP contribution is -2.11. The van der Waals surface area contributed by atoms with Crippen molar-refractivity contribution in [1.29, 1.82) is 0 Å². The van der Waals surface area contributed by atoms with Crippen LogP contribution in [-0.4, -0.2) is 18.1 Å². The monoisotopic (exact) mass is 264 g/mol. The van der Waals surface area contributed by atoms with Gasteiger partial charge in [0.05, 0.1) is 24.2 Å². The van der Waals surface area contributed by atoms with Gasteiger partial charge in [0.1, 0.15) is 0 Å². The normalized spacial score (nSPS) is 10.7. The molecule has 0 amide bonds. The zero-order valence-corrected chi connectivity index (χ0v) is 9.80. The summed E-state index contributed by atoms with van der Waals surface area (Å²) in [5, 5.41) is -0.00398. The first-order chi connectivity index (χ1) is 8.01. The smallest absolute Gasteiger partial charge is 0.311 e. The number of carbonyl (C=O) groups is 1. The van der Waals surface area contributed by atoms with Crippen LogP contribution in [0.1, 0.15) is 23.2 Å². The quantitative estimate of drug-likeness (QED) is 0.843. The molecule has 0 aliphatic rings. The van der Waals surface area contributed by atoms with Gasteiger partial charge in [-0.3, -0.25) is 9.78 Å². The van der Waals surface area contributed by atoms with Gasteiger partial charge >= 0.3 is 5.97 Å². The Kier molecular flexibility index (Phi) is 4.77. The minimum Gasteiger partial charge on any atom is -0.469 e. The molecule has 0 aliphatic heterocycles. The van der Waals surface area contributed by atoms with Gasteiger partial charge in [-0.25, -0.2) is 8.78 Å². The number of esters is 1. The number of carbonyl (C=O) groups excluding carboxylic acids is 1. The summed E-state index contributed by atoms with van der Waals surface area (Å²) in [7, 11) is 1.22. The zero-order valence-electron chi connectivity index (χ0n) is 9.04. The van der Waals surface area contributed by atoms with E-state index in [9.17, 15) is 13.6 Å². The summed E-state index contributed by atoms with van der Waals surface area (Å²) in [6.07, 6.45) is -1.89. The molecule has 0 bridgehead atoms. The van der Waals surface area contributed by atoms with Crippen LogP contribution in [0.25, 0.3) is 0 Å². The first-order valence-corrected chi connectivity index (χ1v) is 5.10. The van der Waals surface area contributed by atoms with Crippen molar-refractivity contribution in [3.63, 3.8) is 0 Å². The summed E-state index contributed by atoms with van der Waals surface area (Å²) in [5.74, 6) is -0.549. The summed E-state index contributed by atoms with van der Waals surface area (Å²) in [5.41, 5.74) is 5.34. The Morgan fingerprint density at radius 2 is 2.29 bits per heavy atom. The fraction of sp³-hybridized carbons (Fsp3) is 0.400. The summed E-state index contributed by atoms with van der Waals surface area (Å²) in [6.45, 7) is -0.144. The highest BCUT2D eigenvalue weighted by Crippen LogP contribution is 2.29. The molecule has 0 saturated carbocycles. The maximum atomic E-state index is 12.6. The number of halogens is 3. The second-order valence-electron chi connectivity index (χ2n) is 3.21. The van der Waals surface area contributed by atoms with E-state index in [1.807, 2.05) is 0 Å². The Morgan fingerprint density at radius 1 is 1.65 bits per heavy atom. The van der Waals surface area contributed by atoms with Crippen molar-refractivity contribution in [2.24, 2.45) is 5.73 Å². The Bertz CT molecular complexity index is 427. The molecule has 0 atom stereocenters. The average molecular weight is 265 g/mol. The molecular weight excluding hydrogens is 254 g/mol. The number of ether oxygens (including phenoxy) is 1. The molecule has 1 aromatic heterocycles. The predicted molar refractivity (Wildman–Crippen MR) is 57.8 cm³/mol. The van der Waals surface area contributed by atoms with Crippen molar-refractivity contribution < 1.29 is 18.3 Å². The molecular formula is C10H11ClF2N2O2. The Balaban J connectivity index is 3.15. The van der Waals surface area contributed by atoms with Gasteiger partial charge < -0.3 is 10.5 Å². The topological polar surface area (TPSA) is 65.2 Å². The molecule has 4 nitrogen and oxygen atoms in total. The highest BCUT2D eigenvalue weighted by Gasteiger charge is 2.19. The van der Waals surface area contributed by atoms with Gasteiger partial charge in [-0.1, -0.05) is 11.6 Å². The van der Waals surface area contributed by atoms with Crippen LogP contribution in [0.2, 0.25) is 5.02 Å². The van der Waals surface area contributed by atoms with Crippen LogP contribution in [0.3, 0.4) is 0 Å². The summed E-state index contributed by atoms with van der Waals surface area (Å²) in [6, 6.07) is 0. The summed E-state index contributed by atoms with van der Waals surface area (Å²) < 4.78 is 29.7. The number of aromatic nitrogens is 1. The minimum absolute atomic E-state index is 0.00398. The number of nitrogens with zero attached hydrogens (tertiary/aromatic N) is 1. The fourth-order valence-corrected chi connectivity index (χ4v) is 1.61. The molecule has 17 heavy (non-hydrogen) atoms. The molecule has 0 aliphatic carbocycles. The molecule has 7 heteroatoms. The van der Waals surface area contributed by atoms with Crippen molar-refractivity contribution in [3.8, 4) is 0 Å². The summed E-state index contributed by atoms with van der Waals surface area (Å²) in [4.78, 5) is 14.8. The Hall–Kier alpha value is -1.27. The predicted octanol–water partition coefficient (Wildman–Crippen LogP) is 1.85. The molecule has 2 N–H and O–H groups in total. The van der Waals surface area contributed by atoms with Crippen molar-refractivity contribution in [2.75, 3.05) is 7.11 Å². The van der Waals surface area contributed by atoms with Gasteiger partial charge in [-0.05, 0) is 5.56 Å². The van der Waals surface area contributed by atoms with Crippen molar-refractivity contribution >= 4 is 17.6 Å². The lowest BCUT2D eigenvalue weighted by atomic mass is 10.1. The van der Waals surface area contributed by atoms with E-state index in [1.54, 1.807) is 0 Å². The zero-order chi connectivity index (χ0) is 13.0. The van der Waals surface area contributed by atoms with Gasteiger partial charge in [0.25, 0.3) is 6.43 Å². The van der Waals surface area contributed by atoms with E-state index in [4.69, 9.17) is 17.3 Å². The van der Waals surface area contributed by atoms with Crippen LogP contribution >= 0.6 is 11.6 Å². The van der Waals surface area contributed by atoms with Crippen molar-refractivity contribution in [1.82, 2.24) is 4.98 Å². The van der Waals surface area contributed by atoms with Crippen LogP contribution in [0.15, 0.2) is 6.20 Å². The first kappa shape index (κ1) is 13.8. The highest BCUT2D eigenvalue weighted by atomic mass is 35.5. The van der Waals surface area contributed by atoms with E-state index in [2.05, 4.69) is 9.72 Å². The van der Waals surface area contributed by atoms with Gasteiger partial charge in [0.15, 0.2) is 0 Å². The van der Waals surface area contributed by atoms with Gasteiger partial charge in [-0.15, -0.1) is 0 Å². The highest BCUT2D eigenvalue weighted by molar-refractivity contribution is 6.32. The number of alkyl halides is 2. The minimum atomic E-state index is -2.70. The van der Waals surface area contributed by atoms with E-state index < -0.39 is 12.4 Å². The third-order valence-corrected chi connectivity index (χ3v) is 2.65. The van der Waals surface area contributed by atoms with E-state index in [0.717, 1.165) is 6.20 Å². The third-order valence-electron chi connectivity index (χ3n) is 2.20. The van der Waals surface area contributed by atoms with Gasteiger partial charge in [0, 0.05) is 18.3 Å². The number of nitrogens with two attached hydrogens (primary N) is 1. The molecule has 0 unspecified atom stereocenters. The van der Waals surface area contributed by atoms with Gasteiger partial charge in [-0.2, -0.15) is 0 Å². The second-order valence-corrected chi connectivity index (χ2v) is 3.59. The fourth-order valence-electron chi connectivity index (χ4n) is 1.31. The van der Waals surface area contributed by atoms with E-state index in [0.29, 0.717) is 0 Å². The number of pyridine rings is 1. The molecule has 0 spiro atoms. The first-order valence-electron chi connectivity index (χ1n) is 4.72. The van der Waals surface area contributed by atoms with Gasteiger partial charge in [0.2, 0.25) is 0 Å².